The van der Waals surface area contributed by atoms with Crippen molar-refractivity contribution < 1.29 is 20.4 Å². The number of rotatable bonds is 18. The zero-order valence-electron chi connectivity index (χ0n) is 34.6. The molecule has 8 aromatic carbocycles. The maximum Gasteiger partial charge on any atom is 2.00 e. The Bertz CT molecular complexity index is 1820. The van der Waals surface area contributed by atoms with Gasteiger partial charge in [-0.3, -0.25) is 12.3 Å². The second-order valence-electron chi connectivity index (χ2n) is 14.4. The Morgan fingerprint density at radius 2 is 0.426 bits per heavy atom. The van der Waals surface area contributed by atoms with Crippen LogP contribution in [0.25, 0.3) is 0 Å². The SMILES string of the molecule is [Pd+2].c1ccc(P([CH-]CCCP(c2ccccc2)c2ccccc2)c2ccccc2)cc1.c1ccc(P([CH-]CCCP(c2ccccc2)c2ccccc2)c2ccccc2)cc1. The molecule has 0 amide bonds. The van der Waals surface area contributed by atoms with Crippen molar-refractivity contribution in [3.05, 3.63) is 255 Å². The standard InChI is InChI=1S/2C28H27P2.Pd/c2*1-5-15-25(16-6-1)29(26-17-7-2-8-18-26)23-13-14-24-30(27-19-9-3-10-20-27)28-21-11-4-12-22-28;/h2*1-12,15-23H,13-14,24H2;/q2*-1;+2. The molecule has 8 aromatic rings. The molecule has 0 atom stereocenters. The first-order valence-corrected chi connectivity index (χ1v) is 26.9. The minimum absolute atomic E-state index is 0. The first-order valence-electron chi connectivity index (χ1n) is 21.0. The van der Waals surface area contributed by atoms with Crippen LogP contribution in [0.1, 0.15) is 25.7 Å². The molecule has 0 radical (unpaired) electrons. The summed E-state index contributed by atoms with van der Waals surface area (Å²) >= 11 is 0. The first kappa shape index (κ1) is 46.6. The summed E-state index contributed by atoms with van der Waals surface area (Å²) in [5.74, 6) is 0. The normalized spacial score (nSPS) is 11.0. The topological polar surface area (TPSA) is 0 Å². The van der Waals surface area contributed by atoms with E-state index in [1.165, 1.54) is 67.6 Å². The molecule has 0 saturated heterocycles. The van der Waals surface area contributed by atoms with E-state index in [0.717, 1.165) is 12.8 Å². The Hall–Kier alpha value is -3.86. The van der Waals surface area contributed by atoms with E-state index < -0.39 is 15.8 Å². The Morgan fingerprint density at radius 1 is 0.246 bits per heavy atom. The molecule has 308 valence electrons. The van der Waals surface area contributed by atoms with E-state index in [9.17, 15) is 0 Å². The molecule has 0 bridgehead atoms. The minimum Gasteiger partial charge on any atom is -0.294 e. The van der Waals surface area contributed by atoms with Gasteiger partial charge < -0.3 is 0 Å². The summed E-state index contributed by atoms with van der Waals surface area (Å²) in [4.78, 5) is 0. The molecular formula is C56H54P4Pd. The molecule has 0 unspecified atom stereocenters. The van der Waals surface area contributed by atoms with Gasteiger partial charge in [0.2, 0.25) is 0 Å². The van der Waals surface area contributed by atoms with Crippen molar-refractivity contribution in [1.29, 1.82) is 0 Å². The number of hydrogen-bond donors (Lipinski definition) is 0. The third-order valence-electron chi connectivity index (χ3n) is 10.2. The van der Waals surface area contributed by atoms with Gasteiger partial charge in [-0.1, -0.05) is 277 Å². The maximum absolute atomic E-state index is 2.57. The molecular weight excluding hydrogens is 903 g/mol. The number of unbranched alkanes of at least 4 members (excludes halogenated alkanes) is 2. The van der Waals surface area contributed by atoms with Gasteiger partial charge in [-0.2, -0.15) is 12.8 Å². The van der Waals surface area contributed by atoms with E-state index in [4.69, 9.17) is 0 Å². The summed E-state index contributed by atoms with van der Waals surface area (Å²) < 4.78 is 0. The van der Waals surface area contributed by atoms with Crippen LogP contribution in [0, 0.1) is 12.3 Å². The van der Waals surface area contributed by atoms with Crippen LogP contribution in [0.5, 0.6) is 0 Å². The van der Waals surface area contributed by atoms with Crippen LogP contribution in [-0.4, -0.2) is 12.3 Å². The number of hydrogen-bond acceptors (Lipinski definition) is 0. The zero-order valence-corrected chi connectivity index (χ0v) is 39.7. The van der Waals surface area contributed by atoms with E-state index in [2.05, 4.69) is 255 Å². The predicted molar refractivity (Wildman–Crippen MR) is 273 cm³/mol. The minimum atomic E-state index is -0.408. The van der Waals surface area contributed by atoms with Crippen molar-refractivity contribution in [2.45, 2.75) is 25.7 Å². The third kappa shape index (κ3) is 14.6. The Morgan fingerprint density at radius 3 is 0.623 bits per heavy atom. The fourth-order valence-electron chi connectivity index (χ4n) is 7.26. The van der Waals surface area contributed by atoms with Crippen molar-refractivity contribution in [2.75, 3.05) is 12.3 Å². The van der Waals surface area contributed by atoms with Crippen molar-refractivity contribution in [2.24, 2.45) is 0 Å². The molecule has 0 spiro atoms. The molecule has 5 heteroatoms. The van der Waals surface area contributed by atoms with Gasteiger partial charge in [0.25, 0.3) is 0 Å². The molecule has 0 N–H and O–H groups in total. The predicted octanol–water partition coefficient (Wildman–Crippen LogP) is 12.4. The first-order chi connectivity index (χ1) is 29.8. The molecule has 0 nitrogen and oxygen atoms in total. The molecule has 61 heavy (non-hydrogen) atoms. The van der Waals surface area contributed by atoms with Crippen molar-refractivity contribution in [3.63, 3.8) is 0 Å². The van der Waals surface area contributed by atoms with E-state index in [1.54, 1.807) is 0 Å². The van der Waals surface area contributed by atoms with Crippen LogP contribution < -0.4 is 42.4 Å². The van der Waals surface area contributed by atoms with E-state index in [1.807, 2.05) is 0 Å². The van der Waals surface area contributed by atoms with Crippen LogP contribution in [0.2, 0.25) is 0 Å². The molecule has 0 heterocycles. The summed E-state index contributed by atoms with van der Waals surface area (Å²) in [6, 6.07) is 88.1. The maximum atomic E-state index is 2.57. The van der Waals surface area contributed by atoms with Crippen LogP contribution in [0.15, 0.2) is 243 Å². The van der Waals surface area contributed by atoms with Gasteiger partial charge in [-0.15, -0.1) is 0 Å². The quantitative estimate of drug-likeness (QED) is 0.0348. The second-order valence-corrected chi connectivity index (χ2v) is 23.3. The van der Waals surface area contributed by atoms with Crippen molar-refractivity contribution in [3.8, 4) is 0 Å². The van der Waals surface area contributed by atoms with E-state index in [-0.39, 0.29) is 36.3 Å². The summed E-state index contributed by atoms with van der Waals surface area (Å²) in [7, 11) is -1.42. The van der Waals surface area contributed by atoms with Crippen LogP contribution in [-0.2, 0) is 20.4 Å². The monoisotopic (exact) mass is 956 g/mol. The molecule has 0 fully saturated rings. The summed E-state index contributed by atoms with van der Waals surface area (Å²) in [6.45, 7) is 0. The summed E-state index contributed by atoms with van der Waals surface area (Å²) in [5, 5.41) is 11.7. The molecule has 0 aliphatic heterocycles. The summed E-state index contributed by atoms with van der Waals surface area (Å²) in [6.07, 6.45) is 12.3. The molecule has 0 aliphatic carbocycles. The van der Waals surface area contributed by atoms with Gasteiger partial charge in [-0.25, -0.2) is 15.8 Å². The number of benzene rings is 8. The Balaban J connectivity index is 0.000000201. The van der Waals surface area contributed by atoms with E-state index >= 15 is 0 Å². The zero-order chi connectivity index (χ0) is 40.9. The average molecular weight is 957 g/mol. The second kappa shape index (κ2) is 26.6. The van der Waals surface area contributed by atoms with Gasteiger partial charge in [0.15, 0.2) is 0 Å². The van der Waals surface area contributed by atoms with Crippen LogP contribution >= 0.6 is 31.7 Å². The third-order valence-corrected chi connectivity index (χ3v) is 20.1. The van der Waals surface area contributed by atoms with Crippen LogP contribution in [0.3, 0.4) is 0 Å². The van der Waals surface area contributed by atoms with Crippen molar-refractivity contribution >= 4 is 74.1 Å². The van der Waals surface area contributed by atoms with Crippen molar-refractivity contribution in [1.82, 2.24) is 0 Å². The van der Waals surface area contributed by atoms with Gasteiger partial charge >= 0.3 is 20.4 Å². The summed E-state index contributed by atoms with van der Waals surface area (Å²) in [5.41, 5.74) is 0. The van der Waals surface area contributed by atoms with Gasteiger partial charge in [0.05, 0.1) is 0 Å². The fourth-order valence-corrected chi connectivity index (χ4v) is 16.3. The largest absolute Gasteiger partial charge is 2.00 e. The Kier molecular flexibility index (Phi) is 20.3. The molecule has 0 saturated carbocycles. The molecule has 0 aromatic heterocycles. The average Bonchev–Trinajstić information content (AvgIpc) is 3.34. The van der Waals surface area contributed by atoms with Gasteiger partial charge in [0.1, 0.15) is 0 Å². The van der Waals surface area contributed by atoms with E-state index in [0.29, 0.717) is 0 Å². The van der Waals surface area contributed by atoms with Gasteiger partial charge in [0, 0.05) is 0 Å². The molecule has 0 aliphatic rings. The fraction of sp³-hybridized carbons (Fsp3) is 0.107. The Labute approximate surface area is 385 Å². The van der Waals surface area contributed by atoms with Gasteiger partial charge in [-0.05, 0) is 49.4 Å². The smallest absolute Gasteiger partial charge is 0.294 e. The molecule has 8 rings (SSSR count). The van der Waals surface area contributed by atoms with Crippen LogP contribution in [0.4, 0.5) is 0 Å².